The van der Waals surface area contributed by atoms with Crippen LogP contribution >= 0.6 is 23.4 Å². The summed E-state index contributed by atoms with van der Waals surface area (Å²) >= 11 is 7.59. The van der Waals surface area contributed by atoms with Crippen molar-refractivity contribution in [2.45, 2.75) is 17.9 Å². The Bertz CT molecular complexity index is 721. The minimum atomic E-state index is 0.172. The van der Waals surface area contributed by atoms with Crippen LogP contribution in [-0.2, 0) is 16.1 Å². The van der Waals surface area contributed by atoms with E-state index < -0.39 is 0 Å². The Morgan fingerprint density at radius 1 is 1.07 bits per heavy atom. The van der Waals surface area contributed by atoms with Gasteiger partial charge in [0.15, 0.2) is 0 Å². The molecule has 0 spiro atoms. The number of rotatable bonds is 9. The van der Waals surface area contributed by atoms with E-state index in [9.17, 15) is 4.79 Å². The third kappa shape index (κ3) is 7.13. The molecule has 1 saturated heterocycles. The number of hydrogen-bond acceptors (Lipinski definition) is 4. The van der Waals surface area contributed by atoms with Crippen LogP contribution in [0.15, 0.2) is 59.5 Å². The molecule has 1 heterocycles. The number of halogens is 1. The molecule has 1 fully saturated rings. The van der Waals surface area contributed by atoms with Crippen molar-refractivity contribution in [3.8, 4) is 0 Å². The minimum Gasteiger partial charge on any atom is -0.379 e. The molecule has 6 heteroatoms. The average Bonchev–Trinajstić information content (AvgIpc) is 2.74. The largest absolute Gasteiger partial charge is 0.379 e. The van der Waals surface area contributed by atoms with Gasteiger partial charge in [-0.2, -0.15) is 0 Å². The first-order chi connectivity index (χ1) is 13.7. The zero-order chi connectivity index (χ0) is 19.6. The summed E-state index contributed by atoms with van der Waals surface area (Å²) in [4.78, 5) is 18.4. The van der Waals surface area contributed by atoms with Gasteiger partial charge in [0, 0.05) is 42.6 Å². The lowest BCUT2D eigenvalue weighted by Gasteiger charge is -2.28. The van der Waals surface area contributed by atoms with E-state index in [1.165, 1.54) is 0 Å². The summed E-state index contributed by atoms with van der Waals surface area (Å²) in [5.41, 5.74) is 1.11. The second-order valence-electron chi connectivity index (χ2n) is 6.85. The highest BCUT2D eigenvalue weighted by atomic mass is 35.5. The van der Waals surface area contributed by atoms with Gasteiger partial charge in [0.25, 0.3) is 0 Å². The van der Waals surface area contributed by atoms with Crippen molar-refractivity contribution >= 4 is 29.3 Å². The number of hydrogen-bond donors (Lipinski definition) is 0. The molecule has 0 aliphatic carbocycles. The van der Waals surface area contributed by atoms with Crippen LogP contribution in [0.3, 0.4) is 0 Å². The molecule has 150 valence electrons. The molecule has 1 amide bonds. The van der Waals surface area contributed by atoms with Crippen molar-refractivity contribution in [1.29, 1.82) is 0 Å². The Hall–Kier alpha value is -1.53. The molecule has 0 aromatic heterocycles. The van der Waals surface area contributed by atoms with Crippen LogP contribution in [0.4, 0.5) is 0 Å². The van der Waals surface area contributed by atoms with Crippen molar-refractivity contribution in [1.82, 2.24) is 9.80 Å². The summed E-state index contributed by atoms with van der Waals surface area (Å²) in [6, 6.07) is 17.8. The molecule has 2 aromatic carbocycles. The number of carbonyl (C=O) groups excluding carboxylic acids is 1. The minimum absolute atomic E-state index is 0.172. The van der Waals surface area contributed by atoms with Gasteiger partial charge in [0.05, 0.1) is 19.0 Å². The summed E-state index contributed by atoms with van der Waals surface area (Å²) in [6.45, 7) is 5.95. The number of morpholine rings is 1. The molecule has 0 N–H and O–H groups in total. The second-order valence-corrected chi connectivity index (χ2v) is 8.34. The maximum Gasteiger partial charge on any atom is 0.233 e. The van der Waals surface area contributed by atoms with E-state index in [1.807, 2.05) is 59.5 Å². The number of nitrogens with zero attached hydrogens (tertiary/aromatic N) is 2. The highest BCUT2D eigenvalue weighted by molar-refractivity contribution is 8.00. The molecule has 0 saturated carbocycles. The lowest BCUT2D eigenvalue weighted by molar-refractivity contribution is -0.129. The quantitative estimate of drug-likeness (QED) is 0.572. The summed E-state index contributed by atoms with van der Waals surface area (Å²) in [5, 5.41) is 0.716. The van der Waals surface area contributed by atoms with Crippen LogP contribution < -0.4 is 0 Å². The molecule has 28 heavy (non-hydrogen) atoms. The topological polar surface area (TPSA) is 32.8 Å². The molecular formula is C22H27ClN2O2S. The predicted molar refractivity (Wildman–Crippen MR) is 116 cm³/mol. The Kier molecular flexibility index (Phi) is 8.68. The standard InChI is InChI=1S/C22H27ClN2O2S/c23-20-9-7-19(8-10-20)17-25(12-4-11-24-13-15-27-16-14-24)22(26)18-28-21-5-2-1-3-6-21/h1-3,5-10H,4,11-18H2. The van der Waals surface area contributed by atoms with Gasteiger partial charge in [0.2, 0.25) is 5.91 Å². The molecule has 0 bridgehead atoms. The molecule has 3 rings (SSSR count). The van der Waals surface area contributed by atoms with Crippen molar-refractivity contribution in [3.63, 3.8) is 0 Å². The van der Waals surface area contributed by atoms with Crippen LogP contribution in [0.5, 0.6) is 0 Å². The van der Waals surface area contributed by atoms with Crippen molar-refractivity contribution in [2.75, 3.05) is 45.1 Å². The normalized spacial score (nSPS) is 14.8. The smallest absolute Gasteiger partial charge is 0.233 e. The van der Waals surface area contributed by atoms with E-state index in [1.54, 1.807) is 11.8 Å². The van der Waals surface area contributed by atoms with Crippen LogP contribution in [0.2, 0.25) is 5.02 Å². The van der Waals surface area contributed by atoms with E-state index >= 15 is 0 Å². The molecule has 4 nitrogen and oxygen atoms in total. The van der Waals surface area contributed by atoms with Crippen LogP contribution in [-0.4, -0.2) is 60.9 Å². The third-order valence-electron chi connectivity index (χ3n) is 4.75. The maximum atomic E-state index is 12.9. The van der Waals surface area contributed by atoms with Gasteiger partial charge in [-0.05, 0) is 36.2 Å². The molecule has 0 atom stereocenters. The van der Waals surface area contributed by atoms with Gasteiger partial charge in [-0.15, -0.1) is 11.8 Å². The van der Waals surface area contributed by atoms with Gasteiger partial charge in [-0.3, -0.25) is 9.69 Å². The molecule has 0 unspecified atom stereocenters. The summed E-state index contributed by atoms with van der Waals surface area (Å²) < 4.78 is 5.41. The lowest BCUT2D eigenvalue weighted by atomic mass is 10.2. The van der Waals surface area contributed by atoms with Crippen LogP contribution in [0, 0.1) is 0 Å². The van der Waals surface area contributed by atoms with Crippen molar-refractivity contribution in [2.24, 2.45) is 0 Å². The van der Waals surface area contributed by atoms with E-state index in [2.05, 4.69) is 4.90 Å². The van der Waals surface area contributed by atoms with Crippen LogP contribution in [0.1, 0.15) is 12.0 Å². The fraction of sp³-hybridized carbons (Fsp3) is 0.409. The number of ether oxygens (including phenoxy) is 1. The van der Waals surface area contributed by atoms with Gasteiger partial charge < -0.3 is 9.64 Å². The first kappa shape index (κ1) is 21.2. The second kappa shape index (κ2) is 11.5. The first-order valence-corrected chi connectivity index (χ1v) is 11.1. The predicted octanol–water partition coefficient (Wildman–Crippen LogP) is 4.18. The van der Waals surface area contributed by atoms with Crippen molar-refractivity contribution < 1.29 is 9.53 Å². The van der Waals surface area contributed by atoms with Crippen LogP contribution in [0.25, 0.3) is 0 Å². The van der Waals surface area contributed by atoms with Crippen molar-refractivity contribution in [3.05, 3.63) is 65.2 Å². The zero-order valence-corrected chi connectivity index (χ0v) is 17.6. The summed E-state index contributed by atoms with van der Waals surface area (Å²) in [7, 11) is 0. The van der Waals surface area contributed by atoms with Gasteiger partial charge in [-0.25, -0.2) is 0 Å². The number of thioether (sulfide) groups is 1. The lowest BCUT2D eigenvalue weighted by Crippen LogP contribution is -2.39. The summed E-state index contributed by atoms with van der Waals surface area (Å²) in [5.74, 6) is 0.626. The fourth-order valence-electron chi connectivity index (χ4n) is 3.17. The van der Waals surface area contributed by atoms with Gasteiger partial charge in [-0.1, -0.05) is 41.9 Å². The van der Waals surface area contributed by atoms with E-state index in [0.717, 1.165) is 56.3 Å². The monoisotopic (exact) mass is 418 g/mol. The SMILES string of the molecule is O=C(CSc1ccccc1)N(CCCN1CCOCC1)Cc1ccc(Cl)cc1. The maximum absolute atomic E-state index is 12.9. The Labute approximate surface area is 176 Å². The van der Waals surface area contributed by atoms with E-state index in [4.69, 9.17) is 16.3 Å². The molecule has 1 aliphatic rings. The van der Waals surface area contributed by atoms with E-state index in [-0.39, 0.29) is 5.91 Å². The van der Waals surface area contributed by atoms with Gasteiger partial charge >= 0.3 is 0 Å². The fourth-order valence-corrected chi connectivity index (χ4v) is 4.11. The molecular weight excluding hydrogens is 392 g/mol. The highest BCUT2D eigenvalue weighted by Crippen LogP contribution is 2.19. The molecule has 2 aromatic rings. The number of benzene rings is 2. The summed E-state index contributed by atoms with van der Waals surface area (Å²) in [6.07, 6.45) is 0.968. The number of amides is 1. The average molecular weight is 419 g/mol. The first-order valence-electron chi connectivity index (χ1n) is 9.71. The Morgan fingerprint density at radius 2 is 1.79 bits per heavy atom. The van der Waals surface area contributed by atoms with E-state index in [0.29, 0.717) is 17.3 Å². The Morgan fingerprint density at radius 3 is 2.50 bits per heavy atom. The number of carbonyl (C=O) groups is 1. The zero-order valence-electron chi connectivity index (χ0n) is 16.1. The third-order valence-corrected chi connectivity index (χ3v) is 6.00. The molecule has 0 radical (unpaired) electrons. The molecule has 1 aliphatic heterocycles. The van der Waals surface area contributed by atoms with Gasteiger partial charge in [0.1, 0.15) is 0 Å². The highest BCUT2D eigenvalue weighted by Gasteiger charge is 2.16. The Balaban J connectivity index is 1.55.